The second-order valence-corrected chi connectivity index (χ2v) is 7.16. The van der Waals surface area contributed by atoms with Crippen molar-refractivity contribution in [2.45, 2.75) is 6.92 Å². The second kappa shape index (κ2) is 8.55. The molecule has 3 rings (SSSR count). The molecule has 0 saturated carbocycles. The number of halogens is 2. The molecule has 0 radical (unpaired) electrons. The van der Waals surface area contributed by atoms with Gasteiger partial charge in [-0.15, -0.1) is 0 Å². The number of carbonyl (C=O) groups excluding carboxylic acids is 1. The summed E-state index contributed by atoms with van der Waals surface area (Å²) in [6.07, 6.45) is 4.89. The number of pyridine rings is 2. The van der Waals surface area contributed by atoms with Gasteiger partial charge in [0.05, 0.1) is 23.5 Å². The molecular weight excluding hydrogens is 395 g/mol. The van der Waals surface area contributed by atoms with Crippen molar-refractivity contribution in [3.05, 3.63) is 76.1 Å². The molecule has 0 aliphatic rings. The number of aromatic nitrogens is 2. The number of likely N-dealkylation sites (N-methyl/N-ethyl adjacent to an activating group) is 1. The highest BCUT2D eigenvalue weighted by molar-refractivity contribution is 6.30. The number of aryl methyl sites for hydroxylation is 2. The van der Waals surface area contributed by atoms with Gasteiger partial charge in [0.2, 0.25) is 5.69 Å². The Morgan fingerprint density at radius 1 is 1.21 bits per heavy atom. The van der Waals surface area contributed by atoms with E-state index in [2.05, 4.69) is 10.6 Å². The van der Waals surface area contributed by atoms with Gasteiger partial charge in [0.15, 0.2) is 24.4 Å². The average molecular weight is 416 g/mol. The smallest absolute Gasteiger partial charge is 0.228 e. The van der Waals surface area contributed by atoms with Gasteiger partial charge in [-0.05, 0) is 32.2 Å². The number of nitrogens with zero attached hydrogens (tertiary/aromatic N) is 2. The zero-order chi connectivity index (χ0) is 21.1. The number of benzene rings is 1. The quantitative estimate of drug-likeness (QED) is 0.369. The topological polar surface area (TPSA) is 72.0 Å². The van der Waals surface area contributed by atoms with Crippen LogP contribution in [-0.4, -0.2) is 19.4 Å². The van der Waals surface area contributed by atoms with E-state index in [9.17, 15) is 14.4 Å². The SMILES string of the molecule is CNCC(=O)c1c[n+](C)ccc1Nc1cc(-c2cc(Cl)ccc2F)[n+]([O-])cc1C. The van der Waals surface area contributed by atoms with Crippen LogP contribution in [0, 0.1) is 17.9 Å². The molecule has 2 N–H and O–H groups in total. The maximum Gasteiger partial charge on any atom is 0.228 e. The molecule has 3 aromatic rings. The van der Waals surface area contributed by atoms with Gasteiger partial charge < -0.3 is 15.8 Å². The highest BCUT2D eigenvalue weighted by Gasteiger charge is 2.20. The zero-order valence-electron chi connectivity index (χ0n) is 16.3. The lowest BCUT2D eigenvalue weighted by Crippen LogP contribution is -2.31. The van der Waals surface area contributed by atoms with Gasteiger partial charge in [0, 0.05) is 22.7 Å². The minimum absolute atomic E-state index is 0.0835. The van der Waals surface area contributed by atoms with Crippen LogP contribution in [0.2, 0.25) is 5.02 Å². The van der Waals surface area contributed by atoms with Crippen molar-refractivity contribution in [2.75, 3.05) is 18.9 Å². The fourth-order valence-corrected chi connectivity index (χ4v) is 3.16. The number of anilines is 2. The third-order valence-corrected chi connectivity index (χ3v) is 4.70. The van der Waals surface area contributed by atoms with Crippen molar-refractivity contribution in [2.24, 2.45) is 7.05 Å². The van der Waals surface area contributed by atoms with Crippen LogP contribution in [0.5, 0.6) is 0 Å². The van der Waals surface area contributed by atoms with Crippen LogP contribution < -0.4 is 19.9 Å². The zero-order valence-corrected chi connectivity index (χ0v) is 17.0. The Hall–Kier alpha value is -3.03. The summed E-state index contributed by atoms with van der Waals surface area (Å²) in [6.45, 7) is 1.94. The molecule has 0 aliphatic heterocycles. The Labute approximate surface area is 173 Å². The van der Waals surface area contributed by atoms with Crippen LogP contribution in [0.1, 0.15) is 15.9 Å². The van der Waals surface area contributed by atoms with Gasteiger partial charge in [-0.2, -0.15) is 4.73 Å². The largest absolute Gasteiger partial charge is 0.618 e. The molecule has 0 amide bonds. The maximum atomic E-state index is 14.3. The number of rotatable bonds is 6. The highest BCUT2D eigenvalue weighted by Crippen LogP contribution is 2.29. The predicted molar refractivity (Wildman–Crippen MR) is 110 cm³/mol. The minimum Gasteiger partial charge on any atom is -0.618 e. The van der Waals surface area contributed by atoms with Crippen molar-refractivity contribution < 1.29 is 18.5 Å². The number of nitrogens with one attached hydrogen (secondary N) is 2. The molecule has 2 heterocycles. The lowest BCUT2D eigenvalue weighted by atomic mass is 10.1. The van der Waals surface area contributed by atoms with Crippen LogP contribution in [0.3, 0.4) is 0 Å². The van der Waals surface area contributed by atoms with Crippen molar-refractivity contribution in [3.63, 3.8) is 0 Å². The van der Waals surface area contributed by atoms with Crippen molar-refractivity contribution in [1.82, 2.24) is 5.32 Å². The summed E-state index contributed by atoms with van der Waals surface area (Å²) < 4.78 is 16.7. The summed E-state index contributed by atoms with van der Waals surface area (Å²) in [4.78, 5) is 12.5. The van der Waals surface area contributed by atoms with E-state index in [0.717, 1.165) is 0 Å². The van der Waals surface area contributed by atoms with Crippen molar-refractivity contribution >= 4 is 28.8 Å². The summed E-state index contributed by atoms with van der Waals surface area (Å²) >= 11 is 5.98. The van der Waals surface area contributed by atoms with Crippen LogP contribution in [0.15, 0.2) is 48.9 Å². The van der Waals surface area contributed by atoms with E-state index in [0.29, 0.717) is 32.3 Å². The molecule has 0 saturated heterocycles. The van der Waals surface area contributed by atoms with Crippen LogP contribution in [0.4, 0.5) is 15.8 Å². The van der Waals surface area contributed by atoms with E-state index in [1.54, 1.807) is 36.9 Å². The lowest BCUT2D eigenvalue weighted by molar-refractivity contribution is -0.671. The number of ketones is 1. The van der Waals surface area contributed by atoms with Gasteiger partial charge >= 0.3 is 0 Å². The molecule has 8 heteroatoms. The lowest BCUT2D eigenvalue weighted by Gasteiger charge is -2.14. The normalized spacial score (nSPS) is 10.8. The summed E-state index contributed by atoms with van der Waals surface area (Å²) in [7, 11) is 3.53. The first-order valence-electron chi connectivity index (χ1n) is 8.93. The van der Waals surface area contributed by atoms with Crippen LogP contribution in [-0.2, 0) is 7.05 Å². The van der Waals surface area contributed by atoms with Crippen molar-refractivity contribution in [1.29, 1.82) is 0 Å². The third kappa shape index (κ3) is 4.52. The Morgan fingerprint density at radius 2 is 1.97 bits per heavy atom. The van der Waals surface area contributed by atoms with Gasteiger partial charge in [-0.3, -0.25) is 4.79 Å². The standard InChI is InChI=1S/C21H20ClFN4O2/c1-13-11-27(29)20(15-8-14(22)4-5-17(15)23)9-19(13)25-18-6-7-26(3)12-16(18)21(28)10-24-2/h4-9,11-12,24H,10H2,1-3H3/p+1. The van der Waals surface area contributed by atoms with Gasteiger partial charge in [0.1, 0.15) is 18.4 Å². The van der Waals surface area contributed by atoms with Crippen LogP contribution >= 0.6 is 11.6 Å². The Balaban J connectivity index is 2.07. The highest BCUT2D eigenvalue weighted by atomic mass is 35.5. The first-order chi connectivity index (χ1) is 13.8. The molecule has 0 bridgehead atoms. The van der Waals surface area contributed by atoms with Gasteiger partial charge in [0.25, 0.3) is 0 Å². The van der Waals surface area contributed by atoms with E-state index in [1.807, 2.05) is 13.2 Å². The Morgan fingerprint density at radius 3 is 2.69 bits per heavy atom. The molecule has 0 spiro atoms. The Bertz CT molecular complexity index is 1090. The number of hydrogen-bond acceptors (Lipinski definition) is 4. The minimum atomic E-state index is -0.551. The molecule has 29 heavy (non-hydrogen) atoms. The molecule has 150 valence electrons. The average Bonchev–Trinajstić information content (AvgIpc) is 2.67. The van der Waals surface area contributed by atoms with Crippen LogP contribution in [0.25, 0.3) is 11.3 Å². The number of hydrogen-bond donors (Lipinski definition) is 2. The molecule has 0 unspecified atom stereocenters. The summed E-state index contributed by atoms with van der Waals surface area (Å²) in [5, 5.41) is 18.8. The second-order valence-electron chi connectivity index (χ2n) is 6.72. The fourth-order valence-electron chi connectivity index (χ4n) is 2.98. The monoisotopic (exact) mass is 415 g/mol. The summed E-state index contributed by atoms with van der Waals surface area (Å²) in [6, 6.07) is 7.38. The van der Waals surface area contributed by atoms with Crippen molar-refractivity contribution in [3.8, 4) is 11.3 Å². The number of Topliss-reactive ketones (excluding diaryl/α,β-unsaturated/α-hetero) is 1. The van der Waals surface area contributed by atoms with E-state index < -0.39 is 5.82 Å². The molecule has 0 aliphatic carbocycles. The molecule has 6 nitrogen and oxygen atoms in total. The molecule has 0 atom stereocenters. The van der Waals surface area contributed by atoms with Gasteiger partial charge in [-0.25, -0.2) is 8.96 Å². The summed E-state index contributed by atoms with van der Waals surface area (Å²) in [5.74, 6) is -0.634. The van der Waals surface area contributed by atoms with E-state index in [-0.39, 0.29) is 23.6 Å². The maximum absolute atomic E-state index is 14.3. The Kier molecular flexibility index (Phi) is 6.10. The van der Waals surface area contributed by atoms with E-state index in [4.69, 9.17) is 11.6 Å². The molecule has 0 fully saturated rings. The number of carbonyl (C=O) groups is 1. The first kappa shape index (κ1) is 20.7. The molecular formula is C21H21ClFN4O2+. The van der Waals surface area contributed by atoms with Gasteiger partial charge in [-0.1, -0.05) is 11.6 Å². The molecule has 2 aromatic heterocycles. The molecule has 1 aromatic carbocycles. The first-order valence-corrected chi connectivity index (χ1v) is 9.31. The predicted octanol–water partition coefficient (Wildman–Crippen LogP) is 3.06. The van der Waals surface area contributed by atoms with E-state index in [1.165, 1.54) is 24.4 Å². The fraction of sp³-hybridized carbons (Fsp3) is 0.190. The summed E-state index contributed by atoms with van der Waals surface area (Å²) in [5.41, 5.74) is 2.53. The van der Waals surface area contributed by atoms with E-state index >= 15 is 0 Å². The third-order valence-electron chi connectivity index (χ3n) is 4.46.